The van der Waals surface area contributed by atoms with Gasteiger partial charge in [0.1, 0.15) is 21.6 Å². The van der Waals surface area contributed by atoms with E-state index >= 15 is 0 Å². The third kappa shape index (κ3) is 5.57. The topological polar surface area (TPSA) is 72.3 Å². The van der Waals surface area contributed by atoms with Gasteiger partial charge >= 0.3 is 12.1 Å². The summed E-state index contributed by atoms with van der Waals surface area (Å²) in [7, 11) is 0. The van der Waals surface area contributed by atoms with Crippen LogP contribution in [0, 0.1) is 12.7 Å². The molecule has 3 aromatic rings. The first-order valence-corrected chi connectivity index (χ1v) is 11.0. The fourth-order valence-corrected chi connectivity index (χ4v) is 4.41. The molecule has 0 saturated carbocycles. The van der Waals surface area contributed by atoms with Gasteiger partial charge in [0.2, 0.25) is 0 Å². The highest BCUT2D eigenvalue weighted by atomic mass is 32.2. The second-order valence-electron chi connectivity index (χ2n) is 7.33. The number of carboxylic acid groups (broad SMARTS) is 1. The first kappa shape index (κ1) is 24.0. The fourth-order valence-electron chi connectivity index (χ4n) is 2.60. The average Bonchev–Trinajstić information content (AvgIpc) is 3.16. The summed E-state index contributed by atoms with van der Waals surface area (Å²) in [5.41, 5.74) is -1.69. The molecule has 0 unspecified atom stereocenters. The summed E-state index contributed by atoms with van der Waals surface area (Å²) in [5.74, 6) is -1.52. The zero-order chi connectivity index (χ0) is 23.7. The molecule has 0 aliphatic rings. The van der Waals surface area contributed by atoms with Crippen molar-refractivity contribution in [2.45, 2.75) is 43.2 Å². The summed E-state index contributed by atoms with van der Waals surface area (Å²) >= 11 is 2.62. The number of thioether (sulfide) groups is 1. The molecule has 0 radical (unpaired) electrons. The van der Waals surface area contributed by atoms with Crippen LogP contribution >= 0.6 is 23.1 Å². The van der Waals surface area contributed by atoms with Crippen LogP contribution in [0.2, 0.25) is 0 Å². The number of aromatic nitrogens is 2. The molecular weight excluding hydrogens is 468 g/mol. The summed E-state index contributed by atoms with van der Waals surface area (Å²) in [6.07, 6.45) is -4.76. The van der Waals surface area contributed by atoms with E-state index in [1.807, 2.05) is 6.07 Å². The van der Waals surface area contributed by atoms with Gasteiger partial charge in [0.25, 0.3) is 0 Å². The smallest absolute Gasteiger partial charge is 0.419 e. The van der Waals surface area contributed by atoms with Crippen LogP contribution in [-0.2, 0) is 16.7 Å². The minimum Gasteiger partial charge on any atom is -0.478 e. The van der Waals surface area contributed by atoms with Crippen molar-refractivity contribution in [1.29, 1.82) is 0 Å². The van der Waals surface area contributed by atoms with E-state index in [1.165, 1.54) is 31.7 Å². The lowest BCUT2D eigenvalue weighted by molar-refractivity contribution is -0.152. The Morgan fingerprint density at radius 3 is 2.47 bits per heavy atom. The summed E-state index contributed by atoms with van der Waals surface area (Å²) in [5, 5.41) is 18.1. The standard InChI is InChI=1S/C21H18F4N2O3S2/c1-11-8-13(5-7-16(11)30-20(2,3)19(28)29)31-10-17-26-27-18(32-17)12-4-6-14(15(22)9-12)21(23,24)25/h4-9H,10H2,1-3H3,(H,28,29). The predicted octanol–water partition coefficient (Wildman–Crippen LogP) is 6.21. The van der Waals surface area contributed by atoms with E-state index in [0.717, 1.165) is 27.9 Å². The number of ether oxygens (including phenoxy) is 1. The minimum atomic E-state index is -4.76. The highest BCUT2D eigenvalue weighted by Crippen LogP contribution is 2.35. The molecule has 2 aromatic carbocycles. The number of aryl methyl sites for hydroxylation is 1. The van der Waals surface area contributed by atoms with Gasteiger partial charge in [0.15, 0.2) is 5.60 Å². The van der Waals surface area contributed by atoms with Crippen LogP contribution in [-0.4, -0.2) is 26.9 Å². The molecule has 1 N–H and O–H groups in total. The zero-order valence-corrected chi connectivity index (χ0v) is 18.8. The van der Waals surface area contributed by atoms with E-state index in [4.69, 9.17) is 4.74 Å². The number of halogens is 4. The molecule has 0 aliphatic carbocycles. The van der Waals surface area contributed by atoms with Crippen molar-refractivity contribution in [2.24, 2.45) is 0 Å². The van der Waals surface area contributed by atoms with Crippen LogP contribution in [0.3, 0.4) is 0 Å². The van der Waals surface area contributed by atoms with Crippen molar-refractivity contribution < 1.29 is 32.2 Å². The highest BCUT2D eigenvalue weighted by Gasteiger charge is 2.34. The van der Waals surface area contributed by atoms with E-state index in [2.05, 4.69) is 10.2 Å². The fraction of sp³-hybridized carbons (Fsp3) is 0.286. The number of hydrogen-bond donors (Lipinski definition) is 1. The monoisotopic (exact) mass is 486 g/mol. The lowest BCUT2D eigenvalue weighted by atomic mass is 10.1. The van der Waals surface area contributed by atoms with Gasteiger partial charge in [-0.15, -0.1) is 22.0 Å². The van der Waals surface area contributed by atoms with Gasteiger partial charge in [-0.1, -0.05) is 17.4 Å². The molecule has 0 saturated heterocycles. The Hall–Kier alpha value is -2.66. The quantitative estimate of drug-likeness (QED) is 0.316. The molecule has 0 bridgehead atoms. The van der Waals surface area contributed by atoms with E-state index in [1.54, 1.807) is 19.1 Å². The predicted molar refractivity (Wildman–Crippen MR) is 113 cm³/mol. The third-order valence-electron chi connectivity index (χ3n) is 4.38. The van der Waals surface area contributed by atoms with Gasteiger partial charge < -0.3 is 9.84 Å². The minimum absolute atomic E-state index is 0.225. The van der Waals surface area contributed by atoms with Crippen molar-refractivity contribution in [2.75, 3.05) is 0 Å². The summed E-state index contributed by atoms with van der Waals surface area (Å²) in [6.45, 7) is 4.74. The first-order valence-electron chi connectivity index (χ1n) is 9.22. The molecule has 0 atom stereocenters. The molecule has 0 fully saturated rings. The SMILES string of the molecule is Cc1cc(SCc2nnc(-c3ccc(C(F)(F)F)c(F)c3)s2)ccc1OC(C)(C)C(=O)O. The number of benzene rings is 2. The van der Waals surface area contributed by atoms with Crippen molar-refractivity contribution in [3.63, 3.8) is 0 Å². The molecule has 11 heteroatoms. The molecule has 170 valence electrons. The zero-order valence-electron chi connectivity index (χ0n) is 17.2. The maximum Gasteiger partial charge on any atom is 0.419 e. The molecule has 5 nitrogen and oxygen atoms in total. The number of alkyl halides is 3. The van der Waals surface area contributed by atoms with Gasteiger partial charge in [0, 0.05) is 10.5 Å². The van der Waals surface area contributed by atoms with Gasteiger partial charge in [-0.2, -0.15) is 13.2 Å². The summed E-state index contributed by atoms with van der Waals surface area (Å²) in [4.78, 5) is 12.1. The molecule has 32 heavy (non-hydrogen) atoms. The average molecular weight is 487 g/mol. The third-order valence-corrected chi connectivity index (χ3v) is 6.54. The van der Waals surface area contributed by atoms with Crippen LogP contribution in [0.15, 0.2) is 41.3 Å². The van der Waals surface area contributed by atoms with Crippen LogP contribution < -0.4 is 4.74 Å². The van der Waals surface area contributed by atoms with Gasteiger partial charge in [0.05, 0.1) is 11.3 Å². The second-order valence-corrected chi connectivity index (χ2v) is 9.44. The molecule has 3 rings (SSSR count). The summed E-state index contributed by atoms with van der Waals surface area (Å²) in [6, 6.07) is 8.01. The van der Waals surface area contributed by atoms with Crippen molar-refractivity contribution >= 4 is 29.1 Å². The molecule has 0 spiro atoms. The maximum atomic E-state index is 13.8. The van der Waals surface area contributed by atoms with Gasteiger partial charge in [-0.05, 0) is 56.7 Å². The molecule has 0 amide bonds. The van der Waals surface area contributed by atoms with E-state index < -0.39 is 29.1 Å². The number of rotatable bonds is 7. The molecule has 0 aliphatic heterocycles. The van der Waals surface area contributed by atoms with Crippen LogP contribution in [0.5, 0.6) is 5.75 Å². The highest BCUT2D eigenvalue weighted by molar-refractivity contribution is 7.98. The number of nitrogens with zero attached hydrogens (tertiary/aromatic N) is 2. The van der Waals surface area contributed by atoms with Crippen molar-refractivity contribution in [3.05, 3.63) is 58.3 Å². The number of aliphatic carboxylic acids is 1. The Labute approximate surface area is 189 Å². The Bertz CT molecular complexity index is 1150. The lowest BCUT2D eigenvalue weighted by Gasteiger charge is -2.22. The Balaban J connectivity index is 1.67. The lowest BCUT2D eigenvalue weighted by Crippen LogP contribution is -2.38. The Morgan fingerprint density at radius 1 is 1.16 bits per heavy atom. The number of hydrogen-bond acceptors (Lipinski definition) is 6. The molecule has 1 aromatic heterocycles. The summed E-state index contributed by atoms with van der Waals surface area (Å²) < 4.78 is 57.5. The van der Waals surface area contributed by atoms with Crippen molar-refractivity contribution in [3.8, 4) is 16.3 Å². The molecule has 1 heterocycles. The van der Waals surface area contributed by atoms with E-state index in [-0.39, 0.29) is 5.56 Å². The normalized spacial score (nSPS) is 12.1. The first-order chi connectivity index (χ1) is 14.9. The van der Waals surface area contributed by atoms with Gasteiger partial charge in [-0.25, -0.2) is 9.18 Å². The molecular formula is C21H18F4N2O3S2. The van der Waals surface area contributed by atoms with Crippen LogP contribution in [0.1, 0.15) is 30.0 Å². The second kappa shape index (κ2) is 9.07. The van der Waals surface area contributed by atoms with Crippen LogP contribution in [0.4, 0.5) is 17.6 Å². The van der Waals surface area contributed by atoms with E-state index in [0.29, 0.717) is 27.6 Å². The largest absolute Gasteiger partial charge is 0.478 e. The Morgan fingerprint density at radius 2 is 1.88 bits per heavy atom. The van der Waals surface area contributed by atoms with E-state index in [9.17, 15) is 27.5 Å². The maximum absolute atomic E-state index is 13.8. The number of carbonyl (C=O) groups is 1. The van der Waals surface area contributed by atoms with Gasteiger partial charge in [-0.3, -0.25) is 0 Å². The number of carboxylic acids is 1. The van der Waals surface area contributed by atoms with Crippen LogP contribution in [0.25, 0.3) is 10.6 Å². The Kier molecular flexibility index (Phi) is 6.80. The van der Waals surface area contributed by atoms with Crippen molar-refractivity contribution in [1.82, 2.24) is 10.2 Å².